The second kappa shape index (κ2) is 8.54. The fourth-order valence-corrected chi connectivity index (χ4v) is 2.83. The number of hydrogen-bond acceptors (Lipinski definition) is 3. The predicted octanol–water partition coefficient (Wildman–Crippen LogP) is 5.00. The summed E-state index contributed by atoms with van der Waals surface area (Å²) in [6.45, 7) is 3.33. The summed E-state index contributed by atoms with van der Waals surface area (Å²) in [7, 11) is 1.67. The molecule has 0 spiro atoms. The van der Waals surface area contributed by atoms with Crippen LogP contribution in [0.3, 0.4) is 0 Å². The molecular formula is C21H22N2O2S. The molecule has 0 fully saturated rings. The van der Waals surface area contributed by atoms with E-state index in [1.807, 2.05) is 48.5 Å². The lowest BCUT2D eigenvalue weighted by Crippen LogP contribution is -2.33. The first-order valence-electron chi connectivity index (χ1n) is 8.42. The molecule has 0 bridgehead atoms. The summed E-state index contributed by atoms with van der Waals surface area (Å²) in [4.78, 5) is 2.08. The number of aryl methyl sites for hydroxylation is 1. The fourth-order valence-electron chi connectivity index (χ4n) is 2.58. The smallest absolute Gasteiger partial charge is 0.174 e. The summed E-state index contributed by atoms with van der Waals surface area (Å²) in [5.74, 6) is 1.71. The number of methoxy groups -OCH3 is 1. The third-order valence-electron chi connectivity index (χ3n) is 4.05. The molecular weight excluding hydrogens is 344 g/mol. The van der Waals surface area contributed by atoms with Crippen LogP contribution in [0.2, 0.25) is 0 Å². The van der Waals surface area contributed by atoms with Gasteiger partial charge in [0.15, 0.2) is 5.11 Å². The minimum absolute atomic E-state index is 0.594. The zero-order valence-corrected chi connectivity index (χ0v) is 15.8. The lowest BCUT2D eigenvalue weighted by molar-refractivity contribution is 0.360. The van der Waals surface area contributed by atoms with Crippen molar-refractivity contribution >= 4 is 23.0 Å². The Morgan fingerprint density at radius 1 is 1.04 bits per heavy atom. The number of anilines is 1. The Hall–Kier alpha value is -2.79. The first-order valence-corrected chi connectivity index (χ1v) is 8.83. The molecule has 134 valence electrons. The van der Waals surface area contributed by atoms with Crippen molar-refractivity contribution in [1.82, 2.24) is 4.90 Å². The normalized spacial score (nSPS) is 10.4. The van der Waals surface area contributed by atoms with Crippen LogP contribution in [-0.4, -0.2) is 17.1 Å². The average Bonchev–Trinajstić information content (AvgIpc) is 3.17. The molecule has 0 amide bonds. The summed E-state index contributed by atoms with van der Waals surface area (Å²) >= 11 is 5.66. The maximum absolute atomic E-state index is 5.66. The summed E-state index contributed by atoms with van der Waals surface area (Å²) < 4.78 is 10.7. The maximum Gasteiger partial charge on any atom is 0.174 e. The van der Waals surface area contributed by atoms with Crippen molar-refractivity contribution < 1.29 is 9.15 Å². The number of benzene rings is 2. The lowest BCUT2D eigenvalue weighted by Gasteiger charge is -2.25. The van der Waals surface area contributed by atoms with Gasteiger partial charge in [0.25, 0.3) is 0 Å². The highest BCUT2D eigenvalue weighted by molar-refractivity contribution is 7.80. The monoisotopic (exact) mass is 366 g/mol. The molecule has 0 aliphatic heterocycles. The van der Waals surface area contributed by atoms with Crippen LogP contribution in [-0.2, 0) is 13.1 Å². The highest BCUT2D eigenvalue weighted by Gasteiger charge is 2.13. The molecule has 1 aromatic heterocycles. The van der Waals surface area contributed by atoms with Crippen LogP contribution in [0, 0.1) is 6.92 Å². The molecule has 3 aromatic rings. The minimum Gasteiger partial charge on any atom is -0.497 e. The molecule has 1 heterocycles. The van der Waals surface area contributed by atoms with Crippen LogP contribution in [0.5, 0.6) is 5.75 Å². The number of nitrogens with one attached hydrogen (secondary N) is 1. The molecule has 2 aromatic carbocycles. The van der Waals surface area contributed by atoms with Gasteiger partial charge in [-0.15, -0.1) is 0 Å². The second-order valence-electron chi connectivity index (χ2n) is 6.08. The molecule has 0 saturated heterocycles. The van der Waals surface area contributed by atoms with Crippen molar-refractivity contribution in [1.29, 1.82) is 0 Å². The maximum atomic E-state index is 5.66. The fraction of sp³-hybridized carbons (Fsp3) is 0.190. The van der Waals surface area contributed by atoms with E-state index in [1.165, 1.54) is 5.56 Å². The quantitative estimate of drug-likeness (QED) is 0.622. The molecule has 0 radical (unpaired) electrons. The zero-order valence-electron chi connectivity index (χ0n) is 14.9. The Labute approximate surface area is 159 Å². The molecule has 0 saturated carbocycles. The van der Waals surface area contributed by atoms with E-state index in [9.17, 15) is 0 Å². The molecule has 5 heteroatoms. The van der Waals surface area contributed by atoms with Gasteiger partial charge in [-0.05, 0) is 61.1 Å². The van der Waals surface area contributed by atoms with Gasteiger partial charge in [-0.25, -0.2) is 0 Å². The van der Waals surface area contributed by atoms with E-state index in [0.717, 1.165) is 22.8 Å². The molecule has 0 atom stereocenters. The average molecular weight is 366 g/mol. The third kappa shape index (κ3) is 4.86. The second-order valence-corrected chi connectivity index (χ2v) is 6.47. The lowest BCUT2D eigenvalue weighted by atomic mass is 10.2. The largest absolute Gasteiger partial charge is 0.497 e. The van der Waals surface area contributed by atoms with Crippen LogP contribution in [0.25, 0.3) is 0 Å². The van der Waals surface area contributed by atoms with E-state index in [1.54, 1.807) is 13.4 Å². The zero-order chi connectivity index (χ0) is 18.4. The number of furan rings is 1. The van der Waals surface area contributed by atoms with Crippen molar-refractivity contribution in [2.45, 2.75) is 20.0 Å². The van der Waals surface area contributed by atoms with E-state index >= 15 is 0 Å². The van der Waals surface area contributed by atoms with Crippen LogP contribution in [0.1, 0.15) is 16.9 Å². The molecule has 3 rings (SSSR count). The molecule has 0 aliphatic rings. The Morgan fingerprint density at radius 2 is 1.77 bits per heavy atom. The predicted molar refractivity (Wildman–Crippen MR) is 108 cm³/mol. The standard InChI is InChI=1S/C21H22N2O2S/c1-16-5-9-18(10-6-16)22-21(26)23(15-20-4-3-13-25-20)14-17-7-11-19(24-2)12-8-17/h3-13H,14-15H2,1-2H3,(H,22,26). The van der Waals surface area contributed by atoms with Crippen molar-refractivity contribution in [3.05, 3.63) is 83.8 Å². The number of rotatable bonds is 6. The molecule has 1 N–H and O–H groups in total. The SMILES string of the molecule is COc1ccc(CN(Cc2ccco2)C(=S)Nc2ccc(C)cc2)cc1. The number of ether oxygens (including phenoxy) is 1. The van der Waals surface area contributed by atoms with Crippen molar-refractivity contribution in [2.75, 3.05) is 12.4 Å². The van der Waals surface area contributed by atoms with Crippen LogP contribution in [0.4, 0.5) is 5.69 Å². The summed E-state index contributed by atoms with van der Waals surface area (Å²) in [5.41, 5.74) is 3.33. The molecule has 4 nitrogen and oxygen atoms in total. The van der Waals surface area contributed by atoms with E-state index in [2.05, 4.69) is 29.3 Å². The van der Waals surface area contributed by atoms with Gasteiger partial charge >= 0.3 is 0 Å². The first-order chi connectivity index (χ1) is 12.6. The van der Waals surface area contributed by atoms with Crippen molar-refractivity contribution in [3.8, 4) is 5.75 Å². The first kappa shape index (κ1) is 18.0. The van der Waals surface area contributed by atoms with E-state index in [0.29, 0.717) is 18.2 Å². The Balaban J connectivity index is 1.74. The van der Waals surface area contributed by atoms with Crippen LogP contribution < -0.4 is 10.1 Å². The Morgan fingerprint density at radius 3 is 2.38 bits per heavy atom. The molecule has 0 aliphatic carbocycles. The van der Waals surface area contributed by atoms with Crippen molar-refractivity contribution in [3.63, 3.8) is 0 Å². The van der Waals surface area contributed by atoms with E-state index in [-0.39, 0.29) is 0 Å². The van der Waals surface area contributed by atoms with E-state index < -0.39 is 0 Å². The van der Waals surface area contributed by atoms with Gasteiger partial charge in [0, 0.05) is 12.2 Å². The van der Waals surface area contributed by atoms with Gasteiger partial charge in [-0.1, -0.05) is 29.8 Å². The van der Waals surface area contributed by atoms with Gasteiger partial charge in [0.2, 0.25) is 0 Å². The number of hydrogen-bond donors (Lipinski definition) is 1. The van der Waals surface area contributed by atoms with Crippen LogP contribution in [0.15, 0.2) is 71.3 Å². The van der Waals surface area contributed by atoms with Gasteiger partial charge in [-0.2, -0.15) is 0 Å². The summed E-state index contributed by atoms with van der Waals surface area (Å²) in [5, 5.41) is 3.97. The molecule has 26 heavy (non-hydrogen) atoms. The number of thiocarbonyl (C=S) groups is 1. The molecule has 0 unspecified atom stereocenters. The Kier molecular flexibility index (Phi) is 5.92. The van der Waals surface area contributed by atoms with Gasteiger partial charge in [-0.3, -0.25) is 0 Å². The van der Waals surface area contributed by atoms with Crippen LogP contribution >= 0.6 is 12.2 Å². The number of nitrogens with zero attached hydrogens (tertiary/aromatic N) is 1. The minimum atomic E-state index is 0.594. The topological polar surface area (TPSA) is 37.6 Å². The van der Waals surface area contributed by atoms with Gasteiger partial charge in [0.05, 0.1) is 19.9 Å². The summed E-state index contributed by atoms with van der Waals surface area (Å²) in [6.07, 6.45) is 1.68. The highest BCUT2D eigenvalue weighted by atomic mass is 32.1. The summed E-state index contributed by atoms with van der Waals surface area (Å²) in [6, 6.07) is 20.0. The van der Waals surface area contributed by atoms with Gasteiger partial charge < -0.3 is 19.4 Å². The van der Waals surface area contributed by atoms with Gasteiger partial charge in [0.1, 0.15) is 11.5 Å². The highest BCUT2D eigenvalue weighted by Crippen LogP contribution is 2.17. The van der Waals surface area contributed by atoms with Crippen molar-refractivity contribution in [2.24, 2.45) is 0 Å². The Bertz CT molecular complexity index is 827. The van der Waals surface area contributed by atoms with E-state index in [4.69, 9.17) is 21.4 Å². The third-order valence-corrected chi connectivity index (χ3v) is 4.41.